The van der Waals surface area contributed by atoms with E-state index in [2.05, 4.69) is 10.6 Å². The van der Waals surface area contributed by atoms with Crippen molar-refractivity contribution < 1.29 is 77.3 Å². The van der Waals surface area contributed by atoms with Crippen LogP contribution in [0.25, 0.3) is 0 Å². The van der Waals surface area contributed by atoms with E-state index in [1.165, 1.54) is 0 Å². The number of aliphatic carboxylic acids is 4. The van der Waals surface area contributed by atoms with Gasteiger partial charge < -0.3 is 54.6 Å². The first-order chi connectivity index (χ1) is 13.0. The van der Waals surface area contributed by atoms with Crippen LogP contribution in [0.4, 0.5) is 0 Å². The molecule has 0 aliphatic rings. The number of nitrogens with one attached hydrogen (secondary N) is 2. The molecule has 0 atom stereocenters. The van der Waals surface area contributed by atoms with E-state index in [1.807, 2.05) is 0 Å². The van der Waals surface area contributed by atoms with E-state index in [4.69, 9.17) is 44.9 Å². The number of carbonyl (C=O) groups is 4. The Bertz CT molecular complexity index is 478. The molecule has 10 nitrogen and oxygen atoms in total. The second-order valence-corrected chi connectivity index (χ2v) is 8.65. The van der Waals surface area contributed by atoms with Gasteiger partial charge in [0.25, 0.3) is 0 Å². The standard InChI is InChI=1S/2C7H12NO4S2.2Li/c2*9-5(10)1-3-8-7(13)14-4-2-6(11)12;;/h2*14H,1-4H2,(H,8,13)(H,9,10)(H,11,12);;/q2*-1;2*+1. The van der Waals surface area contributed by atoms with Crippen LogP contribution in [0.3, 0.4) is 0 Å². The zero-order valence-electron chi connectivity index (χ0n) is 16.8. The Balaban J connectivity index is -0.000000211. The number of hydrogen-bond donors (Lipinski definition) is 6. The van der Waals surface area contributed by atoms with Gasteiger partial charge in [-0.15, -0.1) is 11.5 Å². The van der Waals surface area contributed by atoms with Crippen molar-refractivity contribution in [2.75, 3.05) is 24.6 Å². The Hall–Kier alpha value is -0.445. The molecule has 0 rings (SSSR count). The van der Waals surface area contributed by atoms with Gasteiger partial charge >= 0.3 is 61.6 Å². The molecule has 0 amide bonds. The summed E-state index contributed by atoms with van der Waals surface area (Å²) in [6.07, 6.45) is 0.161. The summed E-state index contributed by atoms with van der Waals surface area (Å²) >= 11 is 11.1. The topological polar surface area (TPSA) is 173 Å². The molecule has 0 saturated heterocycles. The Morgan fingerprint density at radius 1 is 0.600 bits per heavy atom. The maximum Gasteiger partial charge on any atom is 1.00 e. The molecule has 0 aliphatic heterocycles. The molecule has 0 saturated carbocycles. The normalized spacial score (nSPS) is 9.07. The number of hydrogen-bond acceptors (Lipinski definition) is 8. The first kappa shape index (κ1) is 36.9. The van der Waals surface area contributed by atoms with E-state index in [1.54, 1.807) is 0 Å². The number of rotatable bonds is 12. The SMILES string of the molecule is O=C(O)CCNC(=S)[SH-]CCC(=O)O.O=C(O)CCNC(=S)[SH-]CCC(=O)O.[Li+].[Li+]. The predicted molar refractivity (Wildman–Crippen MR) is 117 cm³/mol. The molecule has 0 aliphatic carbocycles. The molecule has 16 heteroatoms. The quantitative estimate of drug-likeness (QED) is 0.0662. The minimum absolute atomic E-state index is 0. The zero-order valence-corrected chi connectivity index (χ0v) is 20.2. The molecule has 0 radical (unpaired) electrons. The average Bonchev–Trinajstić information content (AvgIpc) is 2.54. The van der Waals surface area contributed by atoms with Gasteiger partial charge in [-0.1, -0.05) is 24.4 Å². The third-order valence-corrected chi connectivity index (χ3v) is 5.24. The molecule has 0 aromatic heterocycles. The molecule has 0 aromatic carbocycles. The third kappa shape index (κ3) is 35.0. The Kier molecular flexibility index (Phi) is 30.5. The summed E-state index contributed by atoms with van der Waals surface area (Å²) in [4.78, 5) is 40.5. The van der Waals surface area contributed by atoms with Crippen LogP contribution in [0.2, 0.25) is 0 Å². The number of carboxylic acid groups (broad SMARTS) is 4. The van der Waals surface area contributed by atoms with Gasteiger partial charge in [-0.3, -0.25) is 19.2 Å². The van der Waals surface area contributed by atoms with Gasteiger partial charge in [0.1, 0.15) is 0 Å². The van der Waals surface area contributed by atoms with E-state index in [-0.39, 0.29) is 76.5 Å². The van der Waals surface area contributed by atoms with Crippen molar-refractivity contribution in [1.82, 2.24) is 10.6 Å². The first-order valence-corrected chi connectivity index (χ1v) is 10.8. The molecular weight excluding hydrogens is 466 g/mol. The second-order valence-electron chi connectivity index (χ2n) is 4.80. The van der Waals surface area contributed by atoms with E-state index < -0.39 is 23.9 Å². The summed E-state index contributed by atoms with van der Waals surface area (Å²) in [6, 6.07) is 0. The fourth-order valence-electron chi connectivity index (χ4n) is 1.17. The van der Waals surface area contributed by atoms with E-state index in [9.17, 15) is 19.2 Å². The van der Waals surface area contributed by atoms with Crippen LogP contribution >= 0.6 is 24.4 Å². The summed E-state index contributed by atoms with van der Waals surface area (Å²) in [7, 11) is 0. The summed E-state index contributed by atoms with van der Waals surface area (Å²) in [5.74, 6) is -2.58. The molecule has 0 bridgehead atoms. The van der Waals surface area contributed by atoms with Crippen molar-refractivity contribution in [2.24, 2.45) is 0 Å². The molecule has 0 spiro atoms. The van der Waals surface area contributed by atoms with Crippen LogP contribution in [-0.2, 0) is 42.7 Å². The zero-order chi connectivity index (χ0) is 21.9. The summed E-state index contributed by atoms with van der Waals surface area (Å²) in [5, 5.41) is 38.7. The van der Waals surface area contributed by atoms with E-state index in [0.29, 0.717) is 20.1 Å². The molecule has 0 aromatic rings. The minimum Gasteiger partial charge on any atom is -0.481 e. The van der Waals surface area contributed by atoms with E-state index >= 15 is 0 Å². The van der Waals surface area contributed by atoms with Gasteiger partial charge in [-0.2, -0.15) is 0 Å². The molecule has 0 heterocycles. The van der Waals surface area contributed by atoms with Crippen LogP contribution < -0.4 is 48.4 Å². The summed E-state index contributed by atoms with van der Waals surface area (Å²) in [6.45, 7) is 0.572. The van der Waals surface area contributed by atoms with Crippen LogP contribution in [0.1, 0.15) is 25.7 Å². The maximum absolute atomic E-state index is 10.1. The van der Waals surface area contributed by atoms with Crippen LogP contribution in [0, 0.1) is 0 Å². The fourth-order valence-corrected chi connectivity index (χ4v) is 3.38. The van der Waals surface area contributed by atoms with Gasteiger partial charge in [0.15, 0.2) is 0 Å². The molecular formula is C14H24Li2N2O8S4. The molecule has 6 N–H and O–H groups in total. The van der Waals surface area contributed by atoms with Gasteiger partial charge in [0, 0.05) is 25.9 Å². The largest absolute Gasteiger partial charge is 1.00 e. The van der Waals surface area contributed by atoms with Crippen molar-refractivity contribution in [3.05, 3.63) is 0 Å². The third-order valence-electron chi connectivity index (χ3n) is 2.39. The van der Waals surface area contributed by atoms with Gasteiger partial charge in [-0.25, -0.2) is 0 Å². The number of thiocarbonyl (C=S) groups is 2. The van der Waals surface area contributed by atoms with Crippen LogP contribution in [0.15, 0.2) is 0 Å². The molecule has 30 heavy (non-hydrogen) atoms. The fraction of sp³-hybridized carbons (Fsp3) is 0.571. The Labute approximate surface area is 217 Å². The molecule has 0 unspecified atom stereocenters. The Morgan fingerprint density at radius 3 is 1.10 bits per heavy atom. The minimum atomic E-state index is -0.887. The molecule has 0 fully saturated rings. The summed E-state index contributed by atoms with van der Waals surface area (Å²) < 4.78 is 0.986. The maximum atomic E-state index is 10.1. The smallest absolute Gasteiger partial charge is 0.481 e. The monoisotopic (exact) mass is 490 g/mol. The predicted octanol–water partition coefficient (Wildman–Crippen LogP) is -6.74. The molecule has 164 valence electrons. The number of carboxylic acids is 4. The Morgan fingerprint density at radius 2 is 0.867 bits per heavy atom. The average molecular weight is 491 g/mol. The van der Waals surface area contributed by atoms with Crippen molar-refractivity contribution in [1.29, 1.82) is 0 Å². The van der Waals surface area contributed by atoms with Crippen molar-refractivity contribution in [3.8, 4) is 0 Å². The van der Waals surface area contributed by atoms with Crippen molar-refractivity contribution in [3.63, 3.8) is 0 Å². The van der Waals surface area contributed by atoms with Crippen molar-refractivity contribution >= 4 is 80.5 Å². The first-order valence-electron chi connectivity index (χ1n) is 7.82. The van der Waals surface area contributed by atoms with E-state index in [0.717, 1.165) is 23.5 Å². The van der Waals surface area contributed by atoms with Gasteiger partial charge in [0.05, 0.1) is 12.8 Å². The second kappa shape index (κ2) is 24.8. The van der Waals surface area contributed by atoms with Crippen LogP contribution in [-0.4, -0.2) is 77.5 Å². The van der Waals surface area contributed by atoms with Gasteiger partial charge in [-0.05, 0) is 8.64 Å². The number of thiol groups is 2. The summed E-state index contributed by atoms with van der Waals surface area (Å²) in [5.41, 5.74) is 0. The van der Waals surface area contributed by atoms with Crippen LogP contribution in [0.5, 0.6) is 0 Å². The van der Waals surface area contributed by atoms with Crippen molar-refractivity contribution in [2.45, 2.75) is 25.7 Å². The van der Waals surface area contributed by atoms with Gasteiger partial charge in [0.2, 0.25) is 0 Å².